The van der Waals surface area contributed by atoms with Crippen molar-refractivity contribution in [2.24, 2.45) is 11.7 Å². The number of carbonyl (C=O) groups excluding carboxylic acids is 1. The van der Waals surface area contributed by atoms with Crippen molar-refractivity contribution in [1.82, 2.24) is 0 Å². The smallest absolute Gasteiger partial charge is 0.135 e. The molecule has 1 atom stereocenters. The van der Waals surface area contributed by atoms with Gasteiger partial charge in [0, 0.05) is 25.3 Å². The van der Waals surface area contributed by atoms with Crippen molar-refractivity contribution in [3.63, 3.8) is 0 Å². The second-order valence-electron chi connectivity index (χ2n) is 3.58. The fourth-order valence-electron chi connectivity index (χ4n) is 0.928. The van der Waals surface area contributed by atoms with Gasteiger partial charge in [0.15, 0.2) is 0 Å². The Morgan fingerprint density at radius 3 is 2.54 bits per heavy atom. The van der Waals surface area contributed by atoms with E-state index in [0.717, 1.165) is 0 Å². The summed E-state index contributed by atoms with van der Waals surface area (Å²) in [5, 5.41) is 0. The van der Waals surface area contributed by atoms with Gasteiger partial charge in [-0.1, -0.05) is 13.8 Å². The van der Waals surface area contributed by atoms with Crippen LogP contribution in [-0.2, 0) is 4.79 Å². The van der Waals surface area contributed by atoms with Crippen molar-refractivity contribution in [1.29, 1.82) is 0 Å². The van der Waals surface area contributed by atoms with E-state index in [1.165, 1.54) is 0 Å². The molecule has 0 aromatic heterocycles. The Kier molecular flexibility index (Phi) is 6.26. The van der Waals surface area contributed by atoms with Gasteiger partial charge in [0.25, 0.3) is 0 Å². The second kappa shape index (κ2) is 6.68. The maximum atomic E-state index is 11.3. The first-order valence-electron chi connectivity index (χ1n) is 4.74. The molecule has 2 heteroatoms. The first-order valence-corrected chi connectivity index (χ1v) is 4.74. The first-order chi connectivity index (χ1) is 6.07. The molecule has 0 rings (SSSR count). The van der Waals surface area contributed by atoms with Crippen LogP contribution in [0.5, 0.6) is 0 Å². The first kappa shape index (κ1) is 12.2. The second-order valence-corrected chi connectivity index (χ2v) is 3.58. The summed E-state index contributed by atoms with van der Waals surface area (Å²) in [4.78, 5) is 11.3. The van der Waals surface area contributed by atoms with E-state index in [2.05, 4.69) is 11.8 Å². The topological polar surface area (TPSA) is 43.1 Å². The van der Waals surface area contributed by atoms with Crippen LogP contribution in [0, 0.1) is 17.8 Å². The largest absolute Gasteiger partial charge is 0.327 e. The van der Waals surface area contributed by atoms with Gasteiger partial charge in [-0.2, -0.15) is 0 Å². The lowest BCUT2D eigenvalue weighted by Gasteiger charge is -2.13. The lowest BCUT2D eigenvalue weighted by molar-refractivity contribution is -0.119. The van der Waals surface area contributed by atoms with E-state index in [4.69, 9.17) is 5.73 Å². The number of rotatable bonds is 5. The fraction of sp³-hybridized carbons (Fsp3) is 0.727. The fourth-order valence-corrected chi connectivity index (χ4v) is 0.928. The van der Waals surface area contributed by atoms with E-state index in [-0.39, 0.29) is 11.8 Å². The molecular weight excluding hydrogens is 162 g/mol. The van der Waals surface area contributed by atoms with Crippen molar-refractivity contribution in [2.75, 3.05) is 0 Å². The highest BCUT2D eigenvalue weighted by atomic mass is 16.1. The molecule has 0 bridgehead atoms. The number of carbonyl (C=O) groups is 1. The highest BCUT2D eigenvalue weighted by molar-refractivity contribution is 5.79. The van der Waals surface area contributed by atoms with Gasteiger partial charge in [0.2, 0.25) is 0 Å². The van der Waals surface area contributed by atoms with Crippen LogP contribution in [0.3, 0.4) is 0 Å². The Morgan fingerprint density at radius 1 is 1.46 bits per heavy atom. The van der Waals surface area contributed by atoms with E-state index < -0.39 is 0 Å². The molecular formula is C11H19NO. The van der Waals surface area contributed by atoms with Gasteiger partial charge in [-0.15, -0.1) is 11.8 Å². The third-order valence-corrected chi connectivity index (χ3v) is 2.03. The quantitative estimate of drug-likeness (QED) is 0.656. The minimum Gasteiger partial charge on any atom is -0.327 e. The molecule has 74 valence electrons. The van der Waals surface area contributed by atoms with Gasteiger partial charge in [-0.25, -0.2) is 0 Å². The number of hydrogen-bond donors (Lipinski definition) is 1. The maximum absolute atomic E-state index is 11.3. The Bertz CT molecular complexity index is 210. The van der Waals surface area contributed by atoms with E-state index in [1.807, 2.05) is 13.8 Å². The molecule has 0 aliphatic carbocycles. The minimum absolute atomic E-state index is 0.00193. The summed E-state index contributed by atoms with van der Waals surface area (Å²) in [7, 11) is 0. The van der Waals surface area contributed by atoms with Crippen molar-refractivity contribution < 1.29 is 4.79 Å². The molecule has 0 amide bonds. The van der Waals surface area contributed by atoms with Crippen LogP contribution in [0.25, 0.3) is 0 Å². The molecule has 2 nitrogen and oxygen atoms in total. The molecule has 1 unspecified atom stereocenters. The molecule has 0 fully saturated rings. The normalized spacial score (nSPS) is 12.1. The van der Waals surface area contributed by atoms with E-state index in [0.29, 0.717) is 25.2 Å². The highest BCUT2D eigenvalue weighted by Gasteiger charge is 2.11. The maximum Gasteiger partial charge on any atom is 0.135 e. The molecule has 0 aromatic carbocycles. The predicted octanol–water partition coefficient (Wildman–Crippen LogP) is 1.73. The lowest BCUT2D eigenvalue weighted by Crippen LogP contribution is -2.29. The zero-order valence-electron chi connectivity index (χ0n) is 8.76. The molecule has 0 saturated heterocycles. The summed E-state index contributed by atoms with van der Waals surface area (Å²) in [5.74, 6) is 6.24. The van der Waals surface area contributed by atoms with Gasteiger partial charge in [-0.3, -0.25) is 4.79 Å². The van der Waals surface area contributed by atoms with Crippen LogP contribution < -0.4 is 5.73 Å². The number of nitrogens with two attached hydrogens (primary N) is 1. The monoisotopic (exact) mass is 181 g/mol. The van der Waals surface area contributed by atoms with Crippen molar-refractivity contribution in [3.8, 4) is 11.8 Å². The lowest BCUT2D eigenvalue weighted by atomic mass is 9.98. The zero-order chi connectivity index (χ0) is 10.3. The molecule has 0 spiro atoms. The molecule has 0 radical (unpaired) electrons. The molecule has 13 heavy (non-hydrogen) atoms. The minimum atomic E-state index is 0.00193. The third kappa shape index (κ3) is 6.36. The molecule has 2 N–H and O–H groups in total. The Balaban J connectivity index is 3.66. The number of hydrogen-bond acceptors (Lipinski definition) is 2. The van der Waals surface area contributed by atoms with Crippen molar-refractivity contribution in [3.05, 3.63) is 0 Å². The molecule has 0 heterocycles. The van der Waals surface area contributed by atoms with Gasteiger partial charge in [0.1, 0.15) is 5.78 Å². The van der Waals surface area contributed by atoms with Crippen molar-refractivity contribution >= 4 is 5.78 Å². The highest BCUT2D eigenvalue weighted by Crippen LogP contribution is 2.05. The van der Waals surface area contributed by atoms with E-state index >= 15 is 0 Å². The van der Waals surface area contributed by atoms with Gasteiger partial charge < -0.3 is 5.73 Å². The van der Waals surface area contributed by atoms with Crippen LogP contribution in [0.4, 0.5) is 0 Å². The molecule has 0 aliphatic heterocycles. The predicted molar refractivity (Wildman–Crippen MR) is 55.1 cm³/mol. The molecule has 0 aromatic rings. The van der Waals surface area contributed by atoms with E-state index in [1.54, 1.807) is 6.92 Å². The summed E-state index contributed by atoms with van der Waals surface area (Å²) in [5.41, 5.74) is 5.76. The Hall–Kier alpha value is -0.810. The Morgan fingerprint density at radius 2 is 2.08 bits per heavy atom. The SMILES string of the molecule is CC#CCCC(=O)CC(N)C(C)C. The van der Waals surface area contributed by atoms with E-state index in [9.17, 15) is 4.79 Å². The average Bonchev–Trinajstić information content (AvgIpc) is 2.04. The Labute approximate surface area is 80.9 Å². The number of Topliss-reactive ketones (excluding diaryl/α,β-unsaturated/α-hetero) is 1. The van der Waals surface area contributed by atoms with Crippen LogP contribution in [0.15, 0.2) is 0 Å². The summed E-state index contributed by atoms with van der Waals surface area (Å²) in [6.45, 7) is 5.85. The van der Waals surface area contributed by atoms with Crippen molar-refractivity contribution in [2.45, 2.75) is 46.1 Å². The van der Waals surface area contributed by atoms with Crippen LogP contribution in [0.1, 0.15) is 40.0 Å². The number of ketones is 1. The molecule has 0 saturated carbocycles. The van der Waals surface area contributed by atoms with Gasteiger partial charge in [-0.05, 0) is 12.8 Å². The van der Waals surface area contributed by atoms with Gasteiger partial charge >= 0.3 is 0 Å². The summed E-state index contributed by atoms with van der Waals surface area (Å²) in [6, 6.07) is 0.00193. The third-order valence-electron chi connectivity index (χ3n) is 2.03. The van der Waals surface area contributed by atoms with Crippen LogP contribution in [-0.4, -0.2) is 11.8 Å². The standard InChI is InChI=1S/C11H19NO/c1-4-5-6-7-10(13)8-11(12)9(2)3/h9,11H,6-8,12H2,1-3H3. The average molecular weight is 181 g/mol. The van der Waals surface area contributed by atoms with Crippen LogP contribution >= 0.6 is 0 Å². The summed E-state index contributed by atoms with van der Waals surface area (Å²) < 4.78 is 0. The molecule has 0 aliphatic rings. The van der Waals surface area contributed by atoms with Gasteiger partial charge in [0.05, 0.1) is 0 Å². The summed E-state index contributed by atoms with van der Waals surface area (Å²) in [6.07, 6.45) is 1.70. The van der Waals surface area contributed by atoms with Crippen LogP contribution in [0.2, 0.25) is 0 Å². The summed E-state index contributed by atoms with van der Waals surface area (Å²) >= 11 is 0. The zero-order valence-corrected chi connectivity index (χ0v) is 8.76.